The van der Waals surface area contributed by atoms with Gasteiger partial charge in [-0.15, -0.1) is 0 Å². The summed E-state index contributed by atoms with van der Waals surface area (Å²) in [5.74, 6) is 0.0236. The second kappa shape index (κ2) is 4.67. The third kappa shape index (κ3) is 2.00. The third-order valence-electron chi connectivity index (χ3n) is 3.52. The molecule has 1 amide bonds. The van der Waals surface area contributed by atoms with Crippen LogP contribution in [0.5, 0.6) is 0 Å². The highest BCUT2D eigenvalue weighted by Gasteiger charge is 2.32. The predicted molar refractivity (Wildman–Crippen MR) is 74.0 cm³/mol. The number of hydrogen-bond donors (Lipinski definition) is 0. The molecule has 1 aromatic carbocycles. The van der Waals surface area contributed by atoms with E-state index in [4.69, 9.17) is 11.6 Å². The third-order valence-corrected chi connectivity index (χ3v) is 3.87. The van der Waals surface area contributed by atoms with Crippen molar-refractivity contribution in [3.63, 3.8) is 0 Å². The van der Waals surface area contributed by atoms with Gasteiger partial charge in [-0.1, -0.05) is 29.8 Å². The average Bonchev–Trinajstić information content (AvgIpc) is 2.77. The first-order valence-electron chi connectivity index (χ1n) is 6.18. The number of nitrogens with zero attached hydrogens (tertiary/aromatic N) is 2. The highest BCUT2D eigenvalue weighted by molar-refractivity contribution is 6.31. The zero-order valence-corrected chi connectivity index (χ0v) is 11.3. The second-order valence-corrected chi connectivity index (χ2v) is 5.04. The molecule has 0 unspecified atom stereocenters. The van der Waals surface area contributed by atoms with Crippen molar-refractivity contribution in [1.29, 1.82) is 0 Å². The van der Waals surface area contributed by atoms with Gasteiger partial charge in [0, 0.05) is 11.2 Å². The van der Waals surface area contributed by atoms with Crippen LogP contribution in [0, 0.1) is 0 Å². The Bertz CT molecular complexity index is 642. The highest BCUT2D eigenvalue weighted by atomic mass is 35.5. The summed E-state index contributed by atoms with van der Waals surface area (Å²) in [5.41, 5.74) is 2.50. The number of hydrogen-bond acceptors (Lipinski definition) is 2. The molecule has 96 valence electrons. The summed E-state index contributed by atoms with van der Waals surface area (Å²) in [6.07, 6.45) is 1.72. The smallest absolute Gasteiger partial charge is 0.256 e. The molecule has 4 heteroatoms. The van der Waals surface area contributed by atoms with Gasteiger partial charge in [-0.05, 0) is 30.7 Å². The van der Waals surface area contributed by atoms with Crippen molar-refractivity contribution in [3.05, 3.63) is 64.4 Å². The summed E-state index contributed by atoms with van der Waals surface area (Å²) in [7, 11) is 0. The highest BCUT2D eigenvalue weighted by Crippen LogP contribution is 2.32. The Morgan fingerprint density at radius 3 is 2.79 bits per heavy atom. The molecule has 0 saturated carbocycles. The number of carbonyl (C=O) groups is 1. The SMILES string of the molecule is C[C@H](c1ccccc1Cl)N1Cc2ncccc2C1=O. The van der Waals surface area contributed by atoms with Crippen LogP contribution in [-0.2, 0) is 6.54 Å². The number of rotatable bonds is 2. The van der Waals surface area contributed by atoms with E-state index >= 15 is 0 Å². The van der Waals surface area contributed by atoms with Gasteiger partial charge in [-0.2, -0.15) is 0 Å². The maximum Gasteiger partial charge on any atom is 0.256 e. The standard InChI is InChI=1S/C15H13ClN2O/c1-10(11-5-2-3-7-13(11)16)18-9-14-12(15(18)19)6-4-8-17-14/h2-8,10H,9H2,1H3/t10-/m1/s1. The molecule has 1 aliphatic heterocycles. The van der Waals surface area contributed by atoms with E-state index in [2.05, 4.69) is 4.98 Å². The number of amides is 1. The van der Waals surface area contributed by atoms with Crippen molar-refractivity contribution >= 4 is 17.5 Å². The molecule has 0 spiro atoms. The van der Waals surface area contributed by atoms with Crippen molar-refractivity contribution in [2.24, 2.45) is 0 Å². The Morgan fingerprint density at radius 2 is 2.05 bits per heavy atom. The molecule has 19 heavy (non-hydrogen) atoms. The molecule has 1 aromatic heterocycles. The number of halogens is 1. The minimum absolute atomic E-state index is 0.0236. The fourth-order valence-corrected chi connectivity index (χ4v) is 2.73. The number of benzene rings is 1. The average molecular weight is 273 g/mol. The van der Waals surface area contributed by atoms with Gasteiger partial charge in [-0.25, -0.2) is 0 Å². The van der Waals surface area contributed by atoms with Crippen molar-refractivity contribution in [1.82, 2.24) is 9.88 Å². The van der Waals surface area contributed by atoms with E-state index in [1.165, 1.54) is 0 Å². The Labute approximate surface area is 116 Å². The maximum absolute atomic E-state index is 12.4. The first-order chi connectivity index (χ1) is 9.18. The fraction of sp³-hybridized carbons (Fsp3) is 0.200. The van der Waals surface area contributed by atoms with Crippen LogP contribution >= 0.6 is 11.6 Å². The topological polar surface area (TPSA) is 33.2 Å². The van der Waals surface area contributed by atoms with Gasteiger partial charge in [0.2, 0.25) is 0 Å². The minimum atomic E-state index is -0.0598. The van der Waals surface area contributed by atoms with Crippen molar-refractivity contribution in [2.45, 2.75) is 19.5 Å². The molecule has 0 bridgehead atoms. The van der Waals surface area contributed by atoms with Crippen LogP contribution in [0.25, 0.3) is 0 Å². The summed E-state index contributed by atoms with van der Waals surface area (Å²) in [6, 6.07) is 11.2. The summed E-state index contributed by atoms with van der Waals surface area (Å²) in [4.78, 5) is 18.4. The molecular weight excluding hydrogens is 260 g/mol. The molecular formula is C15H13ClN2O. The van der Waals surface area contributed by atoms with Crippen molar-refractivity contribution in [3.8, 4) is 0 Å². The Balaban J connectivity index is 1.94. The summed E-state index contributed by atoms with van der Waals surface area (Å²) >= 11 is 6.20. The van der Waals surface area contributed by atoms with Crippen LogP contribution < -0.4 is 0 Å². The molecule has 2 heterocycles. The van der Waals surface area contributed by atoms with E-state index in [1.54, 1.807) is 17.2 Å². The number of aromatic nitrogens is 1. The lowest BCUT2D eigenvalue weighted by Crippen LogP contribution is -2.27. The molecule has 0 N–H and O–H groups in total. The molecule has 1 atom stereocenters. The van der Waals surface area contributed by atoms with Gasteiger partial charge in [-0.3, -0.25) is 9.78 Å². The molecule has 0 saturated heterocycles. The van der Waals surface area contributed by atoms with Gasteiger partial charge in [0.1, 0.15) is 0 Å². The van der Waals surface area contributed by atoms with Crippen LogP contribution in [-0.4, -0.2) is 15.8 Å². The fourth-order valence-electron chi connectivity index (χ4n) is 2.44. The van der Waals surface area contributed by atoms with Crippen LogP contribution in [0.1, 0.15) is 34.6 Å². The molecule has 3 nitrogen and oxygen atoms in total. The van der Waals surface area contributed by atoms with E-state index in [-0.39, 0.29) is 11.9 Å². The van der Waals surface area contributed by atoms with Gasteiger partial charge in [0.05, 0.1) is 23.8 Å². The molecule has 0 fully saturated rings. The first kappa shape index (κ1) is 12.2. The summed E-state index contributed by atoms with van der Waals surface area (Å²) in [5, 5.41) is 0.687. The Hall–Kier alpha value is -1.87. The quantitative estimate of drug-likeness (QED) is 0.839. The van der Waals surface area contributed by atoms with Crippen molar-refractivity contribution in [2.75, 3.05) is 0 Å². The second-order valence-electron chi connectivity index (χ2n) is 4.63. The first-order valence-corrected chi connectivity index (χ1v) is 6.55. The Kier molecular flexibility index (Phi) is 2.99. The molecule has 0 aliphatic carbocycles. The maximum atomic E-state index is 12.4. The van der Waals surface area contributed by atoms with E-state index in [1.807, 2.05) is 37.3 Å². The number of pyridine rings is 1. The monoisotopic (exact) mass is 272 g/mol. The summed E-state index contributed by atoms with van der Waals surface area (Å²) < 4.78 is 0. The molecule has 0 radical (unpaired) electrons. The molecule has 1 aliphatic rings. The van der Waals surface area contributed by atoms with Crippen molar-refractivity contribution < 1.29 is 4.79 Å². The van der Waals surface area contributed by atoms with Gasteiger partial charge < -0.3 is 4.90 Å². The van der Waals surface area contributed by atoms with Gasteiger partial charge >= 0.3 is 0 Å². The normalized spacial score (nSPS) is 15.5. The van der Waals surface area contributed by atoms with Crippen LogP contribution in [0.4, 0.5) is 0 Å². The molecule has 3 rings (SSSR count). The lowest BCUT2D eigenvalue weighted by Gasteiger charge is -2.25. The van der Waals surface area contributed by atoms with E-state index in [9.17, 15) is 4.79 Å². The van der Waals surface area contributed by atoms with E-state index in [0.717, 1.165) is 11.3 Å². The number of carbonyl (C=O) groups excluding carboxylic acids is 1. The van der Waals surface area contributed by atoms with Gasteiger partial charge in [0.15, 0.2) is 0 Å². The lowest BCUT2D eigenvalue weighted by atomic mass is 10.1. The predicted octanol–water partition coefficient (Wildman–Crippen LogP) is 3.45. The minimum Gasteiger partial charge on any atom is -0.326 e. The zero-order valence-electron chi connectivity index (χ0n) is 10.5. The van der Waals surface area contributed by atoms with Crippen LogP contribution in [0.15, 0.2) is 42.6 Å². The van der Waals surface area contributed by atoms with Crippen LogP contribution in [0.3, 0.4) is 0 Å². The Morgan fingerprint density at radius 1 is 1.26 bits per heavy atom. The van der Waals surface area contributed by atoms with E-state index in [0.29, 0.717) is 17.1 Å². The molecule has 2 aromatic rings. The largest absolute Gasteiger partial charge is 0.326 e. The van der Waals surface area contributed by atoms with Crippen LogP contribution in [0.2, 0.25) is 5.02 Å². The zero-order chi connectivity index (χ0) is 13.4. The van der Waals surface area contributed by atoms with Gasteiger partial charge in [0.25, 0.3) is 5.91 Å². The summed E-state index contributed by atoms with van der Waals surface area (Å²) in [6.45, 7) is 2.53. The number of fused-ring (bicyclic) bond motifs is 1. The van der Waals surface area contributed by atoms with E-state index < -0.39 is 0 Å². The lowest BCUT2D eigenvalue weighted by molar-refractivity contribution is 0.0715.